The zero-order chi connectivity index (χ0) is 13.4. The van der Waals surface area contributed by atoms with Crippen molar-refractivity contribution in [3.05, 3.63) is 53.1 Å². The zero-order valence-corrected chi connectivity index (χ0v) is 10.2. The lowest BCUT2D eigenvalue weighted by atomic mass is 9.96. The number of carbonyl (C=O) groups excluding carboxylic acids is 1. The number of hydrogen-bond acceptors (Lipinski definition) is 2. The number of Topliss-reactive ketones (excluding diaryl/α,β-unsaturated/α-hetero) is 1. The monoisotopic (exact) mass is 254 g/mol. The maximum absolute atomic E-state index is 13.3. The van der Waals surface area contributed by atoms with Crippen molar-refractivity contribution in [3.8, 4) is 11.8 Å². The summed E-state index contributed by atoms with van der Waals surface area (Å²) in [7, 11) is 0. The van der Waals surface area contributed by atoms with E-state index < -0.39 is 5.82 Å². The van der Waals surface area contributed by atoms with Crippen LogP contribution < -0.4 is 0 Å². The number of aromatic nitrogens is 1. The number of hydrogen-bond donors (Lipinski definition) is 0. The van der Waals surface area contributed by atoms with Gasteiger partial charge in [-0.05, 0) is 37.1 Å². The van der Waals surface area contributed by atoms with Gasteiger partial charge in [0, 0.05) is 29.6 Å². The van der Waals surface area contributed by atoms with Crippen LogP contribution in [0.5, 0.6) is 0 Å². The number of nitriles is 1. The van der Waals surface area contributed by atoms with E-state index in [1.54, 1.807) is 12.1 Å². The molecule has 0 bridgehead atoms. The summed E-state index contributed by atoms with van der Waals surface area (Å²) in [4.78, 5) is 11.8. The average molecular weight is 254 g/mol. The molecule has 4 heteroatoms. The van der Waals surface area contributed by atoms with Crippen LogP contribution in [0.4, 0.5) is 4.39 Å². The Hall–Kier alpha value is -2.41. The Bertz CT molecular complexity index is 709. The average Bonchev–Trinajstić information content (AvgIpc) is 2.85. The van der Waals surface area contributed by atoms with E-state index in [4.69, 9.17) is 5.26 Å². The van der Waals surface area contributed by atoms with Gasteiger partial charge in [0.05, 0.1) is 5.56 Å². The van der Waals surface area contributed by atoms with Crippen molar-refractivity contribution in [2.75, 3.05) is 0 Å². The van der Waals surface area contributed by atoms with Gasteiger partial charge in [-0.25, -0.2) is 4.39 Å². The molecule has 0 unspecified atom stereocenters. The molecule has 1 aliphatic rings. The van der Waals surface area contributed by atoms with Gasteiger partial charge in [-0.2, -0.15) is 5.26 Å². The fourth-order valence-corrected chi connectivity index (χ4v) is 2.52. The van der Waals surface area contributed by atoms with Gasteiger partial charge in [0.1, 0.15) is 11.9 Å². The molecule has 94 valence electrons. The number of rotatable bonds is 1. The fourth-order valence-electron chi connectivity index (χ4n) is 2.52. The largest absolute Gasteiger partial charge is 0.320 e. The van der Waals surface area contributed by atoms with E-state index in [2.05, 4.69) is 0 Å². The first-order chi connectivity index (χ1) is 9.20. The van der Waals surface area contributed by atoms with E-state index in [1.165, 1.54) is 12.1 Å². The van der Waals surface area contributed by atoms with Crippen molar-refractivity contribution >= 4 is 5.78 Å². The Labute approximate surface area is 109 Å². The minimum atomic E-state index is -0.525. The summed E-state index contributed by atoms with van der Waals surface area (Å²) >= 11 is 0. The third-order valence-corrected chi connectivity index (χ3v) is 3.46. The summed E-state index contributed by atoms with van der Waals surface area (Å²) in [5.41, 5.74) is 2.43. The molecule has 1 aromatic carbocycles. The van der Waals surface area contributed by atoms with Crippen LogP contribution in [0.15, 0.2) is 30.5 Å². The maximum Gasteiger partial charge on any atom is 0.164 e. The lowest BCUT2D eigenvalue weighted by Crippen LogP contribution is -2.12. The summed E-state index contributed by atoms with van der Waals surface area (Å²) in [6.07, 6.45) is 4.06. The van der Waals surface area contributed by atoms with E-state index >= 15 is 0 Å². The normalized spacial score (nSPS) is 14.0. The molecule has 0 spiro atoms. The fraction of sp³-hybridized carbons (Fsp3) is 0.200. The third kappa shape index (κ3) is 1.84. The van der Waals surface area contributed by atoms with Crippen LogP contribution in [-0.4, -0.2) is 10.4 Å². The molecule has 1 aromatic heterocycles. The van der Waals surface area contributed by atoms with Gasteiger partial charge in [0.15, 0.2) is 5.78 Å². The molecule has 0 N–H and O–H groups in total. The quantitative estimate of drug-likeness (QED) is 0.785. The molecule has 2 aromatic rings. The smallest absolute Gasteiger partial charge is 0.164 e. The van der Waals surface area contributed by atoms with E-state index in [0.29, 0.717) is 12.1 Å². The number of fused-ring (bicyclic) bond motifs is 1. The van der Waals surface area contributed by atoms with E-state index in [-0.39, 0.29) is 11.3 Å². The molecule has 0 aliphatic heterocycles. The van der Waals surface area contributed by atoms with Gasteiger partial charge < -0.3 is 4.57 Å². The molecule has 0 amide bonds. The first kappa shape index (κ1) is 11.7. The van der Waals surface area contributed by atoms with Crippen LogP contribution in [-0.2, 0) is 6.42 Å². The molecule has 1 heterocycles. The Morgan fingerprint density at radius 2 is 2.11 bits per heavy atom. The highest BCUT2D eigenvalue weighted by Gasteiger charge is 2.21. The molecule has 0 saturated heterocycles. The predicted molar refractivity (Wildman–Crippen MR) is 67.7 cm³/mol. The van der Waals surface area contributed by atoms with Crippen molar-refractivity contribution in [1.29, 1.82) is 5.26 Å². The summed E-state index contributed by atoms with van der Waals surface area (Å²) in [6, 6.07) is 8.04. The Morgan fingerprint density at radius 1 is 1.26 bits per heavy atom. The van der Waals surface area contributed by atoms with Crippen LogP contribution in [0.2, 0.25) is 0 Å². The first-order valence-electron chi connectivity index (χ1n) is 6.14. The molecule has 1 aliphatic carbocycles. The minimum Gasteiger partial charge on any atom is -0.320 e. The first-order valence-corrected chi connectivity index (χ1v) is 6.14. The SMILES string of the molecule is N#Cc1cc(-n2ccc3c2CCCC3=O)ccc1F. The number of benzene rings is 1. The molecule has 0 fully saturated rings. The van der Waals surface area contributed by atoms with Gasteiger partial charge in [0.25, 0.3) is 0 Å². The van der Waals surface area contributed by atoms with Crippen molar-refractivity contribution in [2.45, 2.75) is 19.3 Å². The van der Waals surface area contributed by atoms with Crippen molar-refractivity contribution in [2.24, 2.45) is 0 Å². The molecule has 3 nitrogen and oxygen atoms in total. The van der Waals surface area contributed by atoms with Crippen LogP contribution in [0.3, 0.4) is 0 Å². The van der Waals surface area contributed by atoms with E-state index in [0.717, 1.165) is 24.1 Å². The lowest BCUT2D eigenvalue weighted by molar-refractivity contribution is 0.0972. The van der Waals surface area contributed by atoms with Crippen molar-refractivity contribution < 1.29 is 9.18 Å². The molecule has 0 saturated carbocycles. The molecular weight excluding hydrogens is 243 g/mol. The summed E-state index contributed by atoms with van der Waals surface area (Å²) in [5, 5.41) is 8.87. The summed E-state index contributed by atoms with van der Waals surface area (Å²) in [5.74, 6) is -0.369. The Kier molecular flexibility index (Phi) is 2.68. The second kappa shape index (κ2) is 4.36. The molecule has 0 atom stereocenters. The minimum absolute atomic E-state index is 0.0158. The van der Waals surface area contributed by atoms with Gasteiger partial charge in [-0.15, -0.1) is 0 Å². The summed E-state index contributed by atoms with van der Waals surface area (Å²) < 4.78 is 15.2. The zero-order valence-electron chi connectivity index (χ0n) is 10.2. The van der Waals surface area contributed by atoms with Crippen molar-refractivity contribution in [1.82, 2.24) is 4.57 Å². The molecular formula is C15H11FN2O. The van der Waals surface area contributed by atoms with Crippen molar-refractivity contribution in [3.63, 3.8) is 0 Å². The topological polar surface area (TPSA) is 45.8 Å². The summed E-state index contributed by atoms with van der Waals surface area (Å²) in [6.45, 7) is 0. The maximum atomic E-state index is 13.3. The van der Waals surface area contributed by atoms with Gasteiger partial charge >= 0.3 is 0 Å². The Balaban J connectivity index is 2.13. The number of carbonyl (C=O) groups is 1. The number of halogens is 1. The van der Waals surface area contributed by atoms with Crippen LogP contribution in [0.1, 0.15) is 34.5 Å². The second-order valence-corrected chi connectivity index (χ2v) is 4.60. The number of nitrogens with zero attached hydrogens (tertiary/aromatic N) is 2. The van der Waals surface area contributed by atoms with Crippen LogP contribution in [0, 0.1) is 17.1 Å². The standard InChI is InChI=1S/C15H11FN2O/c16-13-5-4-11(8-10(13)9-17)18-7-6-12-14(18)2-1-3-15(12)19/h4-8H,1-3H2. The molecule has 0 radical (unpaired) electrons. The number of ketones is 1. The highest BCUT2D eigenvalue weighted by Crippen LogP contribution is 2.26. The van der Waals surface area contributed by atoms with Crippen LogP contribution in [0.25, 0.3) is 5.69 Å². The van der Waals surface area contributed by atoms with E-state index in [9.17, 15) is 9.18 Å². The Morgan fingerprint density at radius 3 is 2.89 bits per heavy atom. The lowest BCUT2D eigenvalue weighted by Gasteiger charge is -2.15. The molecule has 3 rings (SSSR count). The predicted octanol–water partition coefficient (Wildman–Crippen LogP) is 3.01. The van der Waals surface area contributed by atoms with Gasteiger partial charge in [-0.3, -0.25) is 4.79 Å². The highest BCUT2D eigenvalue weighted by molar-refractivity contribution is 5.98. The van der Waals surface area contributed by atoms with Gasteiger partial charge in [-0.1, -0.05) is 0 Å². The third-order valence-electron chi connectivity index (χ3n) is 3.46. The molecule has 19 heavy (non-hydrogen) atoms. The van der Waals surface area contributed by atoms with E-state index in [1.807, 2.05) is 16.8 Å². The van der Waals surface area contributed by atoms with Crippen LogP contribution >= 0.6 is 0 Å². The van der Waals surface area contributed by atoms with Gasteiger partial charge in [0.2, 0.25) is 0 Å². The second-order valence-electron chi connectivity index (χ2n) is 4.60. The highest BCUT2D eigenvalue weighted by atomic mass is 19.1.